The van der Waals surface area contributed by atoms with Crippen molar-refractivity contribution in [2.75, 3.05) is 13.2 Å². The van der Waals surface area contributed by atoms with Gasteiger partial charge in [-0.1, -0.05) is 142 Å². The maximum Gasteiger partial charge on any atom is 0.310 e. The predicted molar refractivity (Wildman–Crippen MR) is 219 cm³/mol. The summed E-state index contributed by atoms with van der Waals surface area (Å²) < 4.78 is 16.3. The maximum absolute atomic E-state index is 12.5. The number of hydrogen-bond acceptors (Lipinski definition) is 6. The van der Waals surface area contributed by atoms with Crippen molar-refractivity contribution in [3.8, 4) is 0 Å². The second-order valence-corrected chi connectivity index (χ2v) is 12.1. The number of unbranched alkanes of at least 4 members (excludes halogenated alkanes) is 2. The van der Waals surface area contributed by atoms with Gasteiger partial charge in [-0.05, 0) is 89.9 Å². The molecule has 6 heteroatoms. The molecule has 1 unspecified atom stereocenters. The molecule has 0 fully saturated rings. The average Bonchev–Trinajstić information content (AvgIpc) is 3.14. The molecule has 0 spiro atoms. The van der Waals surface area contributed by atoms with E-state index in [-0.39, 0.29) is 38.4 Å². The summed E-state index contributed by atoms with van der Waals surface area (Å²) in [6, 6.07) is 0. The lowest BCUT2D eigenvalue weighted by atomic mass is 10.2. The van der Waals surface area contributed by atoms with Crippen molar-refractivity contribution in [2.24, 2.45) is 0 Å². The molecule has 0 amide bonds. The molecule has 0 saturated heterocycles. The minimum Gasteiger partial charge on any atom is -0.462 e. The predicted octanol–water partition coefficient (Wildman–Crippen LogP) is 12.2. The van der Waals surface area contributed by atoms with Crippen LogP contribution in [0.25, 0.3) is 0 Å². The average molecular weight is 717 g/mol. The van der Waals surface area contributed by atoms with Gasteiger partial charge in [0, 0.05) is 12.8 Å². The van der Waals surface area contributed by atoms with Crippen molar-refractivity contribution >= 4 is 17.9 Å². The lowest BCUT2D eigenvalue weighted by molar-refractivity contribution is -0.166. The highest BCUT2D eigenvalue weighted by atomic mass is 16.6. The van der Waals surface area contributed by atoms with E-state index in [0.29, 0.717) is 12.8 Å². The first-order valence-electron chi connectivity index (χ1n) is 19.5. The van der Waals surface area contributed by atoms with Gasteiger partial charge in [-0.2, -0.15) is 0 Å². The SMILES string of the molecule is CC/C=C\C/C=C\C/C=C\C/C=C\C/C=C\CCC(=O)OCC(COC(=O)CCCC/C=C\C/C=C\CC)OC(=O)C/C=C\C/C=C\C/C=C\CC. The van der Waals surface area contributed by atoms with E-state index < -0.39 is 18.0 Å². The fourth-order valence-corrected chi connectivity index (χ4v) is 4.41. The van der Waals surface area contributed by atoms with Crippen molar-refractivity contribution in [1.29, 1.82) is 0 Å². The fraction of sp³-hybridized carbons (Fsp3) is 0.500. The third-order valence-electron chi connectivity index (χ3n) is 7.24. The first kappa shape index (κ1) is 47.8. The summed E-state index contributed by atoms with van der Waals surface area (Å²) in [4.78, 5) is 37.3. The Hall–Kier alpha value is -4.19. The second kappa shape index (κ2) is 39.6. The molecular formula is C46H68O6. The molecule has 0 aromatic heterocycles. The highest BCUT2D eigenvalue weighted by molar-refractivity contribution is 5.72. The van der Waals surface area contributed by atoms with Crippen LogP contribution in [0, 0.1) is 0 Å². The molecule has 0 aliphatic carbocycles. The normalized spacial score (nSPS) is 13.4. The largest absolute Gasteiger partial charge is 0.462 e. The quantitative estimate of drug-likeness (QED) is 0.0298. The molecule has 0 N–H and O–H groups in total. The van der Waals surface area contributed by atoms with Crippen LogP contribution in [0.2, 0.25) is 0 Å². The van der Waals surface area contributed by atoms with E-state index in [1.807, 2.05) is 24.3 Å². The summed E-state index contributed by atoms with van der Waals surface area (Å²) in [7, 11) is 0. The van der Waals surface area contributed by atoms with Crippen LogP contribution in [0.1, 0.15) is 130 Å². The van der Waals surface area contributed by atoms with Gasteiger partial charge in [-0.15, -0.1) is 0 Å². The maximum atomic E-state index is 12.5. The molecular weight excluding hydrogens is 648 g/mol. The molecule has 0 aliphatic rings. The van der Waals surface area contributed by atoms with Gasteiger partial charge in [-0.25, -0.2) is 0 Å². The Balaban J connectivity index is 4.61. The zero-order chi connectivity index (χ0) is 38.0. The highest BCUT2D eigenvalue weighted by Crippen LogP contribution is 2.07. The van der Waals surface area contributed by atoms with Crippen LogP contribution in [-0.2, 0) is 28.6 Å². The Morgan fingerprint density at radius 2 is 0.769 bits per heavy atom. The Labute approximate surface area is 316 Å². The van der Waals surface area contributed by atoms with E-state index in [4.69, 9.17) is 14.2 Å². The molecule has 52 heavy (non-hydrogen) atoms. The van der Waals surface area contributed by atoms with Gasteiger partial charge in [0.25, 0.3) is 0 Å². The number of rotatable bonds is 32. The zero-order valence-electron chi connectivity index (χ0n) is 32.5. The van der Waals surface area contributed by atoms with E-state index in [2.05, 4.69) is 112 Å². The van der Waals surface area contributed by atoms with Crippen molar-refractivity contribution in [3.05, 3.63) is 122 Å². The van der Waals surface area contributed by atoms with Crippen molar-refractivity contribution in [3.63, 3.8) is 0 Å². The summed E-state index contributed by atoms with van der Waals surface area (Å²) in [5, 5.41) is 0. The highest BCUT2D eigenvalue weighted by Gasteiger charge is 2.19. The minimum absolute atomic E-state index is 0.0772. The van der Waals surface area contributed by atoms with Gasteiger partial charge in [-0.3, -0.25) is 14.4 Å². The van der Waals surface area contributed by atoms with Crippen LogP contribution in [0.3, 0.4) is 0 Å². The van der Waals surface area contributed by atoms with Gasteiger partial charge in [0.1, 0.15) is 13.2 Å². The van der Waals surface area contributed by atoms with Crippen LogP contribution in [0.5, 0.6) is 0 Å². The van der Waals surface area contributed by atoms with Crippen LogP contribution >= 0.6 is 0 Å². The lowest BCUT2D eigenvalue weighted by Gasteiger charge is -2.18. The molecule has 0 radical (unpaired) electrons. The standard InChI is InChI=1S/C46H68O6/c1-4-7-10-13-16-19-20-21-22-23-24-25-28-30-33-36-39-45(48)51-42-43(52-46(49)40-37-34-31-27-18-15-12-9-6-3)41-50-44(47)38-35-32-29-26-17-14-11-8-5-2/h7-12,16-19,21-22,24-27,30,33-34,37,43H,4-6,13-15,20,23,28-29,31-32,35-36,38-42H2,1-3H3/b10-7-,11-8-,12-9-,19-16-,22-21-,25-24-,26-17-,27-18-,33-30-,37-34-. The summed E-state index contributed by atoms with van der Waals surface area (Å²) in [6.07, 6.45) is 53.9. The van der Waals surface area contributed by atoms with E-state index in [1.165, 1.54) is 0 Å². The summed E-state index contributed by atoms with van der Waals surface area (Å²) in [5.74, 6) is -1.23. The van der Waals surface area contributed by atoms with E-state index in [9.17, 15) is 14.4 Å². The Morgan fingerprint density at radius 1 is 0.404 bits per heavy atom. The number of ether oxygens (including phenoxy) is 3. The Kier molecular flexibility index (Phi) is 36.4. The molecule has 0 heterocycles. The van der Waals surface area contributed by atoms with Crippen molar-refractivity contribution in [2.45, 2.75) is 136 Å². The Morgan fingerprint density at radius 3 is 1.21 bits per heavy atom. The molecule has 0 bridgehead atoms. The summed E-state index contributed by atoms with van der Waals surface area (Å²) >= 11 is 0. The van der Waals surface area contributed by atoms with Gasteiger partial charge in [0.15, 0.2) is 6.10 Å². The number of hydrogen-bond donors (Lipinski definition) is 0. The van der Waals surface area contributed by atoms with Crippen molar-refractivity contribution in [1.82, 2.24) is 0 Å². The van der Waals surface area contributed by atoms with Gasteiger partial charge < -0.3 is 14.2 Å². The van der Waals surface area contributed by atoms with Crippen LogP contribution in [-0.4, -0.2) is 37.2 Å². The second-order valence-electron chi connectivity index (χ2n) is 12.1. The van der Waals surface area contributed by atoms with Crippen LogP contribution in [0.15, 0.2) is 122 Å². The molecule has 0 aromatic rings. The fourth-order valence-electron chi connectivity index (χ4n) is 4.41. The first-order valence-corrected chi connectivity index (χ1v) is 19.5. The smallest absolute Gasteiger partial charge is 0.310 e. The van der Waals surface area contributed by atoms with Gasteiger partial charge in [0.05, 0.1) is 6.42 Å². The lowest BCUT2D eigenvalue weighted by Crippen LogP contribution is -2.30. The first-order chi connectivity index (χ1) is 25.5. The molecule has 0 aliphatic heterocycles. The molecule has 6 nitrogen and oxygen atoms in total. The minimum atomic E-state index is -0.869. The van der Waals surface area contributed by atoms with E-state index in [1.54, 1.807) is 6.08 Å². The van der Waals surface area contributed by atoms with Crippen molar-refractivity contribution < 1.29 is 28.6 Å². The number of esters is 3. The topological polar surface area (TPSA) is 78.9 Å². The summed E-state index contributed by atoms with van der Waals surface area (Å²) in [6.45, 7) is 6.02. The molecule has 288 valence electrons. The Bertz CT molecular complexity index is 1190. The molecule has 0 rings (SSSR count). The van der Waals surface area contributed by atoms with Crippen LogP contribution < -0.4 is 0 Å². The zero-order valence-corrected chi connectivity index (χ0v) is 32.5. The number of allylic oxidation sites excluding steroid dienone is 19. The summed E-state index contributed by atoms with van der Waals surface area (Å²) in [5.41, 5.74) is 0. The third-order valence-corrected chi connectivity index (χ3v) is 7.24. The number of carbonyl (C=O) groups is 3. The van der Waals surface area contributed by atoms with Gasteiger partial charge >= 0.3 is 17.9 Å². The van der Waals surface area contributed by atoms with E-state index in [0.717, 1.165) is 77.0 Å². The van der Waals surface area contributed by atoms with Gasteiger partial charge in [0.2, 0.25) is 0 Å². The molecule has 0 aromatic carbocycles. The molecule has 0 saturated carbocycles. The van der Waals surface area contributed by atoms with E-state index >= 15 is 0 Å². The third kappa shape index (κ3) is 37.1. The van der Waals surface area contributed by atoms with Crippen LogP contribution in [0.4, 0.5) is 0 Å². The number of carbonyl (C=O) groups excluding carboxylic acids is 3. The molecule has 1 atom stereocenters. The monoisotopic (exact) mass is 717 g/mol.